The second-order valence-electron chi connectivity index (χ2n) is 4.14. The molecule has 3 aromatic rings. The van der Waals surface area contributed by atoms with Crippen molar-refractivity contribution in [2.75, 3.05) is 0 Å². The van der Waals surface area contributed by atoms with E-state index in [2.05, 4.69) is 20.2 Å². The predicted molar refractivity (Wildman–Crippen MR) is 66.5 cm³/mol. The molecule has 20 heavy (non-hydrogen) atoms. The Balaban J connectivity index is 1.85. The maximum Gasteiger partial charge on any atom is 0.309 e. The van der Waals surface area contributed by atoms with Crippen LogP contribution in [-0.2, 0) is 11.3 Å². The number of aromatic nitrogens is 6. The molecule has 0 spiro atoms. The highest BCUT2D eigenvalue weighted by Gasteiger charge is 2.10. The lowest BCUT2D eigenvalue weighted by atomic mass is 10.2. The lowest BCUT2D eigenvalue weighted by molar-refractivity contribution is -0.695. The summed E-state index contributed by atoms with van der Waals surface area (Å²) in [6.45, 7) is 0.428. The number of pyridine rings is 1. The van der Waals surface area contributed by atoms with Crippen LogP contribution >= 0.6 is 0 Å². The third-order valence-electron chi connectivity index (χ3n) is 2.74. The van der Waals surface area contributed by atoms with Crippen LogP contribution in [0.3, 0.4) is 0 Å². The number of carboxylic acid groups (broad SMARTS) is 1. The van der Waals surface area contributed by atoms with Gasteiger partial charge in [0.15, 0.2) is 24.8 Å². The summed E-state index contributed by atoms with van der Waals surface area (Å²) in [7, 11) is 0. The minimum atomic E-state index is -0.819. The molecule has 0 radical (unpaired) electrons. The first-order valence-corrected chi connectivity index (χ1v) is 5.98. The minimum Gasteiger partial charge on any atom is -0.481 e. The molecule has 0 amide bonds. The summed E-state index contributed by atoms with van der Waals surface area (Å²) < 4.78 is 3.16. The summed E-state index contributed by atoms with van der Waals surface area (Å²) in [6, 6.07) is 3.66. The standard InChI is InChI=1S/C12H10N6O2/c19-10(20)3-8-17-6-1-9(2-7-17)11-15-12-13-4-5-14-18(12)16-11/h1-2,4-7H,3,8H2/p+1. The van der Waals surface area contributed by atoms with Crippen molar-refractivity contribution in [1.29, 1.82) is 0 Å². The van der Waals surface area contributed by atoms with Gasteiger partial charge in [0.25, 0.3) is 5.78 Å². The van der Waals surface area contributed by atoms with E-state index in [1.165, 1.54) is 10.8 Å². The quantitative estimate of drug-likeness (QED) is 0.668. The molecule has 0 atom stereocenters. The topological polar surface area (TPSA) is 97.2 Å². The Bertz CT molecular complexity index is 719. The number of aliphatic carboxylic acids is 1. The van der Waals surface area contributed by atoms with Crippen LogP contribution in [0, 0.1) is 0 Å². The maximum absolute atomic E-state index is 10.5. The van der Waals surface area contributed by atoms with E-state index < -0.39 is 5.97 Å². The largest absolute Gasteiger partial charge is 0.481 e. The van der Waals surface area contributed by atoms with Crippen molar-refractivity contribution in [3.05, 3.63) is 36.9 Å². The van der Waals surface area contributed by atoms with E-state index in [1.807, 2.05) is 12.1 Å². The van der Waals surface area contributed by atoms with Crippen molar-refractivity contribution < 1.29 is 14.5 Å². The number of nitrogens with zero attached hydrogens (tertiary/aromatic N) is 6. The molecule has 3 aromatic heterocycles. The van der Waals surface area contributed by atoms with Crippen molar-refractivity contribution in [2.24, 2.45) is 0 Å². The fourth-order valence-corrected chi connectivity index (χ4v) is 1.75. The van der Waals surface area contributed by atoms with Gasteiger partial charge in [0.2, 0.25) is 0 Å². The first-order valence-electron chi connectivity index (χ1n) is 5.98. The molecule has 100 valence electrons. The van der Waals surface area contributed by atoms with Gasteiger partial charge in [-0.2, -0.15) is 10.1 Å². The van der Waals surface area contributed by atoms with E-state index in [0.29, 0.717) is 18.1 Å². The number of carboxylic acids is 1. The Labute approximate surface area is 113 Å². The molecule has 8 nitrogen and oxygen atoms in total. The third kappa shape index (κ3) is 2.44. The Morgan fingerprint density at radius 2 is 2.10 bits per heavy atom. The third-order valence-corrected chi connectivity index (χ3v) is 2.74. The van der Waals surface area contributed by atoms with E-state index in [-0.39, 0.29) is 6.42 Å². The average Bonchev–Trinajstić information content (AvgIpc) is 2.89. The van der Waals surface area contributed by atoms with Crippen LogP contribution in [0.2, 0.25) is 0 Å². The van der Waals surface area contributed by atoms with Crippen molar-refractivity contribution in [1.82, 2.24) is 24.8 Å². The summed E-state index contributed by atoms with van der Waals surface area (Å²) in [5.41, 5.74) is 0.823. The van der Waals surface area contributed by atoms with Crippen LogP contribution < -0.4 is 4.57 Å². The molecular weight excluding hydrogens is 260 g/mol. The smallest absolute Gasteiger partial charge is 0.309 e. The lowest BCUT2D eigenvalue weighted by Crippen LogP contribution is -2.33. The maximum atomic E-state index is 10.5. The van der Waals surface area contributed by atoms with Crippen LogP contribution in [0.4, 0.5) is 0 Å². The molecule has 3 rings (SSSR count). The van der Waals surface area contributed by atoms with Crippen LogP contribution in [0.1, 0.15) is 6.42 Å². The Morgan fingerprint density at radius 3 is 2.80 bits per heavy atom. The Morgan fingerprint density at radius 1 is 1.30 bits per heavy atom. The van der Waals surface area contributed by atoms with E-state index in [1.54, 1.807) is 23.2 Å². The van der Waals surface area contributed by atoms with Gasteiger partial charge >= 0.3 is 5.97 Å². The van der Waals surface area contributed by atoms with Crippen molar-refractivity contribution in [3.8, 4) is 11.4 Å². The molecule has 0 aliphatic heterocycles. The van der Waals surface area contributed by atoms with Gasteiger partial charge in [0.1, 0.15) is 6.42 Å². The SMILES string of the molecule is O=C(O)CC[n+]1ccc(-c2nc3nccnn3n2)cc1. The van der Waals surface area contributed by atoms with Gasteiger partial charge in [0.05, 0.1) is 12.4 Å². The highest BCUT2D eigenvalue weighted by Crippen LogP contribution is 2.12. The Hall–Kier alpha value is -2.90. The van der Waals surface area contributed by atoms with Gasteiger partial charge in [0, 0.05) is 17.7 Å². The van der Waals surface area contributed by atoms with E-state index >= 15 is 0 Å². The number of fused-ring (bicyclic) bond motifs is 1. The zero-order chi connectivity index (χ0) is 13.9. The fourth-order valence-electron chi connectivity index (χ4n) is 1.75. The van der Waals surface area contributed by atoms with Gasteiger partial charge in [-0.05, 0) is 0 Å². The molecule has 1 N–H and O–H groups in total. The van der Waals surface area contributed by atoms with Gasteiger partial charge in [-0.3, -0.25) is 4.79 Å². The second-order valence-corrected chi connectivity index (χ2v) is 4.14. The normalized spacial score (nSPS) is 10.8. The number of aryl methyl sites for hydroxylation is 1. The Kier molecular flexibility index (Phi) is 3.04. The van der Waals surface area contributed by atoms with E-state index in [0.717, 1.165) is 5.56 Å². The monoisotopic (exact) mass is 271 g/mol. The molecule has 0 aromatic carbocycles. The van der Waals surface area contributed by atoms with Crippen LogP contribution in [-0.4, -0.2) is 35.9 Å². The predicted octanol–water partition coefficient (Wildman–Crippen LogP) is -0.0515. The molecule has 0 saturated heterocycles. The number of carbonyl (C=O) groups is 1. The highest BCUT2D eigenvalue weighted by molar-refractivity contribution is 5.66. The number of hydrogen-bond donors (Lipinski definition) is 1. The molecule has 0 fully saturated rings. The molecule has 0 unspecified atom stereocenters. The summed E-state index contributed by atoms with van der Waals surface area (Å²) in [5, 5.41) is 16.9. The first kappa shape index (κ1) is 12.2. The minimum absolute atomic E-state index is 0.0878. The van der Waals surface area contributed by atoms with Crippen molar-refractivity contribution >= 4 is 11.7 Å². The second kappa shape index (κ2) is 5.00. The first-order chi connectivity index (χ1) is 9.72. The summed E-state index contributed by atoms with van der Waals surface area (Å²) in [5.74, 6) is 0.146. The van der Waals surface area contributed by atoms with Gasteiger partial charge in [-0.1, -0.05) is 0 Å². The van der Waals surface area contributed by atoms with Gasteiger partial charge < -0.3 is 5.11 Å². The van der Waals surface area contributed by atoms with E-state index in [4.69, 9.17) is 5.11 Å². The molecule has 0 saturated carbocycles. The van der Waals surface area contributed by atoms with Crippen molar-refractivity contribution in [3.63, 3.8) is 0 Å². The van der Waals surface area contributed by atoms with E-state index in [9.17, 15) is 4.79 Å². The van der Waals surface area contributed by atoms with Gasteiger partial charge in [-0.25, -0.2) is 9.55 Å². The number of rotatable bonds is 4. The van der Waals surface area contributed by atoms with Crippen LogP contribution in [0.5, 0.6) is 0 Å². The zero-order valence-electron chi connectivity index (χ0n) is 10.4. The average molecular weight is 271 g/mol. The molecule has 0 aliphatic rings. The summed E-state index contributed by atoms with van der Waals surface area (Å²) in [6.07, 6.45) is 6.77. The fraction of sp³-hybridized carbons (Fsp3) is 0.167. The lowest BCUT2D eigenvalue weighted by Gasteiger charge is -1.95. The molecule has 0 bridgehead atoms. The highest BCUT2D eigenvalue weighted by atomic mass is 16.4. The van der Waals surface area contributed by atoms with Crippen LogP contribution in [0.15, 0.2) is 36.9 Å². The molecule has 0 aliphatic carbocycles. The summed E-state index contributed by atoms with van der Waals surface area (Å²) >= 11 is 0. The zero-order valence-corrected chi connectivity index (χ0v) is 10.4. The summed E-state index contributed by atoms with van der Waals surface area (Å²) in [4.78, 5) is 18.8. The number of hydrogen-bond acceptors (Lipinski definition) is 5. The molecule has 3 heterocycles. The van der Waals surface area contributed by atoms with Crippen molar-refractivity contribution in [2.45, 2.75) is 13.0 Å². The molecule has 8 heteroatoms. The molecular formula is C12H11N6O2+. The van der Waals surface area contributed by atoms with Crippen LogP contribution in [0.25, 0.3) is 17.2 Å². The van der Waals surface area contributed by atoms with Gasteiger partial charge in [-0.15, -0.1) is 9.73 Å².